The van der Waals surface area contributed by atoms with Gasteiger partial charge in [-0.15, -0.1) is 5.10 Å². The van der Waals surface area contributed by atoms with Crippen LogP contribution in [0.2, 0.25) is 0 Å². The lowest BCUT2D eigenvalue weighted by atomic mass is 10.0. The summed E-state index contributed by atoms with van der Waals surface area (Å²) in [5.74, 6) is 0.585. The Morgan fingerprint density at radius 3 is 2.33 bits per heavy atom. The Morgan fingerprint density at radius 2 is 1.62 bits per heavy atom. The number of halogens is 2. The molecule has 6 rings (SSSR count). The Bertz CT molecular complexity index is 1680. The maximum absolute atomic E-state index is 13.5. The molecule has 2 aromatic heterocycles. The molecule has 3 heterocycles. The lowest BCUT2D eigenvalue weighted by Gasteiger charge is -2.39. The zero-order valence-corrected chi connectivity index (χ0v) is 21.8. The first-order valence-corrected chi connectivity index (χ1v) is 12.9. The van der Waals surface area contributed by atoms with Crippen molar-refractivity contribution in [1.82, 2.24) is 30.1 Å². The lowest BCUT2D eigenvalue weighted by Crippen LogP contribution is -2.49. The van der Waals surface area contributed by atoms with E-state index in [-0.39, 0.29) is 17.2 Å². The van der Waals surface area contributed by atoms with Crippen molar-refractivity contribution in [3.05, 3.63) is 112 Å². The summed E-state index contributed by atoms with van der Waals surface area (Å²) >= 11 is 0. The van der Waals surface area contributed by atoms with E-state index in [1.54, 1.807) is 42.1 Å². The van der Waals surface area contributed by atoms with Crippen molar-refractivity contribution < 1.29 is 13.5 Å². The number of fused-ring (bicyclic) bond motifs is 1. The van der Waals surface area contributed by atoms with Crippen LogP contribution < -0.4 is 15.2 Å². The van der Waals surface area contributed by atoms with Crippen molar-refractivity contribution in [2.45, 2.75) is 12.6 Å². The number of benzene rings is 3. The first-order chi connectivity index (χ1) is 19.5. The summed E-state index contributed by atoms with van der Waals surface area (Å²) in [5, 5.41) is 13.4. The summed E-state index contributed by atoms with van der Waals surface area (Å²) in [7, 11) is 1.60. The molecule has 1 aliphatic rings. The summed E-state index contributed by atoms with van der Waals surface area (Å²) in [4.78, 5) is 20.9. The highest BCUT2D eigenvalue weighted by Gasteiger charge is 2.33. The Hall–Kier alpha value is -4.64. The van der Waals surface area contributed by atoms with Crippen LogP contribution in [0.15, 0.2) is 77.6 Å². The molecule has 0 spiro atoms. The van der Waals surface area contributed by atoms with E-state index in [9.17, 15) is 13.6 Å². The maximum Gasteiger partial charge on any atom is 0.253 e. The van der Waals surface area contributed by atoms with Crippen LogP contribution in [0, 0.1) is 11.6 Å². The number of aromatic nitrogens is 5. The molecule has 9 nitrogen and oxygen atoms in total. The third-order valence-corrected chi connectivity index (χ3v) is 7.30. The van der Waals surface area contributed by atoms with Gasteiger partial charge < -0.3 is 14.6 Å². The largest absolute Gasteiger partial charge is 0.497 e. The number of pyridine rings is 1. The second-order valence-electron chi connectivity index (χ2n) is 9.73. The maximum atomic E-state index is 13.5. The zero-order valence-electron chi connectivity index (χ0n) is 21.8. The molecule has 1 unspecified atom stereocenters. The van der Waals surface area contributed by atoms with Crippen molar-refractivity contribution in [2.75, 3.05) is 38.2 Å². The Labute approximate surface area is 228 Å². The van der Waals surface area contributed by atoms with E-state index in [0.29, 0.717) is 55.4 Å². The Kier molecular flexibility index (Phi) is 6.95. The van der Waals surface area contributed by atoms with E-state index in [0.717, 1.165) is 16.6 Å². The zero-order chi connectivity index (χ0) is 27.6. The van der Waals surface area contributed by atoms with Gasteiger partial charge in [0.15, 0.2) is 5.82 Å². The second kappa shape index (κ2) is 10.9. The number of methoxy groups -OCH3 is 1. The molecule has 0 aliphatic carbocycles. The number of tetrazole rings is 1. The van der Waals surface area contributed by atoms with Gasteiger partial charge in [-0.05, 0) is 76.7 Å². The summed E-state index contributed by atoms with van der Waals surface area (Å²) < 4.78 is 34.0. The molecule has 0 bridgehead atoms. The summed E-state index contributed by atoms with van der Waals surface area (Å²) in [6, 6.07) is 19.4. The summed E-state index contributed by atoms with van der Waals surface area (Å²) in [6.45, 7) is 2.87. The van der Waals surface area contributed by atoms with Gasteiger partial charge in [-0.1, -0.05) is 12.1 Å². The van der Waals surface area contributed by atoms with Crippen molar-refractivity contribution in [3.8, 4) is 5.75 Å². The van der Waals surface area contributed by atoms with Gasteiger partial charge in [0.1, 0.15) is 23.4 Å². The second-order valence-corrected chi connectivity index (χ2v) is 9.73. The lowest BCUT2D eigenvalue weighted by molar-refractivity contribution is 0.200. The van der Waals surface area contributed by atoms with Gasteiger partial charge in [0, 0.05) is 48.3 Å². The molecule has 1 N–H and O–H groups in total. The van der Waals surface area contributed by atoms with Crippen LogP contribution in [0.1, 0.15) is 23.0 Å². The van der Waals surface area contributed by atoms with Gasteiger partial charge in [0.25, 0.3) is 5.56 Å². The summed E-state index contributed by atoms with van der Waals surface area (Å²) in [5.41, 5.74) is 2.73. The van der Waals surface area contributed by atoms with Crippen LogP contribution in [-0.4, -0.2) is 63.4 Å². The van der Waals surface area contributed by atoms with E-state index >= 15 is 0 Å². The number of anilines is 1. The van der Waals surface area contributed by atoms with E-state index in [1.165, 1.54) is 24.3 Å². The highest BCUT2D eigenvalue weighted by atomic mass is 19.1. The fourth-order valence-electron chi connectivity index (χ4n) is 5.20. The van der Waals surface area contributed by atoms with Crippen molar-refractivity contribution >= 4 is 16.6 Å². The number of hydrogen-bond acceptors (Lipinski definition) is 7. The Morgan fingerprint density at radius 1 is 0.925 bits per heavy atom. The topological polar surface area (TPSA) is 92.2 Å². The number of nitrogens with zero attached hydrogens (tertiary/aromatic N) is 6. The Balaban J connectivity index is 1.38. The van der Waals surface area contributed by atoms with Gasteiger partial charge in [0.05, 0.1) is 13.7 Å². The van der Waals surface area contributed by atoms with Gasteiger partial charge in [0.2, 0.25) is 0 Å². The number of hydrogen-bond donors (Lipinski definition) is 1. The van der Waals surface area contributed by atoms with Gasteiger partial charge in [-0.3, -0.25) is 9.69 Å². The van der Waals surface area contributed by atoms with Crippen molar-refractivity contribution in [2.24, 2.45) is 0 Å². The standard InChI is InChI=1S/C29H27F2N7O2/c1-40-24-10-11-26-20(16-24)17-25(29(39)32-26)27(28-33-34-35-38(28)18-19-2-4-21(30)5-3-19)37-14-12-36(13-15-37)23-8-6-22(31)7-9-23/h2-11,16-17,27H,12-15,18H2,1H3,(H,32,39). The number of aromatic amines is 1. The van der Waals surface area contributed by atoms with Crippen LogP contribution in [0.3, 0.4) is 0 Å². The summed E-state index contributed by atoms with van der Waals surface area (Å²) in [6.07, 6.45) is 0. The number of nitrogens with one attached hydrogen (secondary N) is 1. The number of rotatable bonds is 7. The first-order valence-electron chi connectivity index (χ1n) is 12.9. The minimum absolute atomic E-state index is 0.236. The highest BCUT2D eigenvalue weighted by molar-refractivity contribution is 5.80. The molecule has 40 heavy (non-hydrogen) atoms. The van der Waals surface area contributed by atoms with Crippen LogP contribution >= 0.6 is 0 Å². The van der Waals surface area contributed by atoms with E-state index in [2.05, 4.69) is 30.3 Å². The molecule has 3 aromatic carbocycles. The molecular formula is C29H27F2N7O2. The monoisotopic (exact) mass is 543 g/mol. The third kappa shape index (κ3) is 5.15. The number of H-pyrrole nitrogens is 1. The van der Waals surface area contributed by atoms with Gasteiger partial charge in [-0.25, -0.2) is 13.5 Å². The average molecular weight is 544 g/mol. The fourth-order valence-corrected chi connectivity index (χ4v) is 5.20. The molecule has 0 saturated carbocycles. The molecule has 0 radical (unpaired) electrons. The molecule has 204 valence electrons. The van der Waals surface area contributed by atoms with E-state index in [4.69, 9.17) is 4.74 Å². The normalized spacial score (nSPS) is 14.9. The number of piperazine rings is 1. The highest BCUT2D eigenvalue weighted by Crippen LogP contribution is 2.30. The minimum Gasteiger partial charge on any atom is -0.497 e. The first kappa shape index (κ1) is 25.6. The average Bonchev–Trinajstić information content (AvgIpc) is 3.42. The molecule has 0 amide bonds. The van der Waals surface area contributed by atoms with Crippen LogP contribution in [0.4, 0.5) is 14.5 Å². The molecule has 5 aromatic rings. The molecule has 11 heteroatoms. The number of ether oxygens (including phenoxy) is 1. The van der Waals surface area contributed by atoms with E-state index < -0.39 is 6.04 Å². The molecule has 1 aliphatic heterocycles. The third-order valence-electron chi connectivity index (χ3n) is 7.30. The van der Waals surface area contributed by atoms with E-state index in [1.807, 2.05) is 18.2 Å². The van der Waals surface area contributed by atoms with Crippen LogP contribution in [0.5, 0.6) is 5.75 Å². The molecular weight excluding hydrogens is 516 g/mol. The van der Waals surface area contributed by atoms with Crippen molar-refractivity contribution in [3.63, 3.8) is 0 Å². The van der Waals surface area contributed by atoms with Gasteiger partial charge in [-0.2, -0.15) is 0 Å². The van der Waals surface area contributed by atoms with Crippen LogP contribution in [0.25, 0.3) is 10.9 Å². The molecule has 1 saturated heterocycles. The quantitative estimate of drug-likeness (QED) is 0.334. The predicted octanol–water partition coefficient (Wildman–Crippen LogP) is 3.76. The predicted molar refractivity (Wildman–Crippen MR) is 146 cm³/mol. The molecule has 1 fully saturated rings. The minimum atomic E-state index is -0.551. The fraction of sp³-hybridized carbons (Fsp3) is 0.241. The van der Waals surface area contributed by atoms with Crippen LogP contribution in [-0.2, 0) is 6.54 Å². The van der Waals surface area contributed by atoms with Crippen molar-refractivity contribution in [1.29, 1.82) is 0 Å². The SMILES string of the molecule is COc1ccc2[nH]c(=O)c(C(c3nnnn3Cc3ccc(F)cc3)N3CCN(c4ccc(F)cc4)CC3)cc2c1. The van der Waals surface area contributed by atoms with Gasteiger partial charge >= 0.3 is 0 Å². The molecule has 1 atom stereocenters. The smallest absolute Gasteiger partial charge is 0.253 e.